The van der Waals surface area contributed by atoms with E-state index in [1.807, 2.05) is 20.0 Å². The normalized spacial score (nSPS) is 23.1. The topological polar surface area (TPSA) is 49.8 Å². The highest BCUT2D eigenvalue weighted by molar-refractivity contribution is 5.88. The van der Waals surface area contributed by atoms with Gasteiger partial charge in [-0.2, -0.15) is 0 Å². The van der Waals surface area contributed by atoms with Gasteiger partial charge in [-0.1, -0.05) is 0 Å². The third-order valence-corrected chi connectivity index (χ3v) is 3.66. The molecule has 1 saturated heterocycles. The molecule has 1 aliphatic rings. The molecule has 1 heterocycles. The Morgan fingerprint density at radius 2 is 2.22 bits per heavy atom. The van der Waals surface area contributed by atoms with Crippen LogP contribution in [-0.2, 0) is 4.74 Å². The molecule has 1 aliphatic heterocycles. The fraction of sp³-hybridized carbons (Fsp3) is 0.500. The van der Waals surface area contributed by atoms with Crippen molar-refractivity contribution in [1.82, 2.24) is 0 Å². The minimum Gasteiger partial charge on any atom is -0.478 e. The van der Waals surface area contributed by atoms with Crippen molar-refractivity contribution in [3.8, 4) is 0 Å². The fourth-order valence-corrected chi connectivity index (χ4v) is 2.59. The van der Waals surface area contributed by atoms with E-state index in [-0.39, 0.29) is 6.10 Å². The summed E-state index contributed by atoms with van der Waals surface area (Å²) in [5, 5.41) is 8.96. The smallest absolute Gasteiger partial charge is 0.335 e. The van der Waals surface area contributed by atoms with Crippen molar-refractivity contribution in [2.45, 2.75) is 32.4 Å². The molecule has 0 aromatic heterocycles. The van der Waals surface area contributed by atoms with Gasteiger partial charge in [0.15, 0.2) is 0 Å². The number of nitrogens with zero attached hydrogens (tertiary/aromatic N) is 1. The monoisotopic (exact) mass is 249 g/mol. The molecule has 1 aromatic rings. The molecule has 1 N–H and O–H groups in total. The van der Waals surface area contributed by atoms with Crippen molar-refractivity contribution in [1.29, 1.82) is 0 Å². The van der Waals surface area contributed by atoms with Gasteiger partial charge < -0.3 is 14.7 Å². The molecule has 18 heavy (non-hydrogen) atoms. The van der Waals surface area contributed by atoms with Crippen LogP contribution in [0.25, 0.3) is 0 Å². The summed E-state index contributed by atoms with van der Waals surface area (Å²) in [6.07, 6.45) is 1.23. The van der Waals surface area contributed by atoms with Crippen molar-refractivity contribution in [2.75, 3.05) is 18.6 Å². The molecule has 4 nitrogen and oxygen atoms in total. The van der Waals surface area contributed by atoms with Crippen molar-refractivity contribution >= 4 is 11.7 Å². The number of carboxylic acid groups (broad SMARTS) is 1. The predicted octanol–water partition coefficient (Wildman–Crippen LogP) is 2.31. The van der Waals surface area contributed by atoms with Crippen LogP contribution in [0.4, 0.5) is 5.69 Å². The number of carbonyl (C=O) groups is 1. The molecule has 0 bridgehead atoms. The summed E-state index contributed by atoms with van der Waals surface area (Å²) in [6.45, 7) is 4.82. The number of benzene rings is 1. The van der Waals surface area contributed by atoms with E-state index in [2.05, 4.69) is 11.8 Å². The van der Waals surface area contributed by atoms with Crippen LogP contribution in [0.3, 0.4) is 0 Å². The Morgan fingerprint density at radius 3 is 2.72 bits per heavy atom. The molecule has 1 fully saturated rings. The zero-order chi connectivity index (χ0) is 13.3. The maximum Gasteiger partial charge on any atom is 0.335 e. The zero-order valence-corrected chi connectivity index (χ0v) is 11.0. The van der Waals surface area contributed by atoms with E-state index in [1.54, 1.807) is 12.1 Å². The lowest BCUT2D eigenvalue weighted by molar-refractivity contribution is 0.0696. The largest absolute Gasteiger partial charge is 0.478 e. The van der Waals surface area contributed by atoms with Gasteiger partial charge in [-0.05, 0) is 44.0 Å². The molecule has 0 aliphatic carbocycles. The van der Waals surface area contributed by atoms with Crippen molar-refractivity contribution in [3.05, 3.63) is 29.3 Å². The summed E-state index contributed by atoms with van der Waals surface area (Å²) >= 11 is 0. The van der Waals surface area contributed by atoms with E-state index < -0.39 is 5.97 Å². The molecular formula is C14H19NO3. The molecular weight excluding hydrogens is 230 g/mol. The summed E-state index contributed by atoms with van der Waals surface area (Å²) in [5.41, 5.74) is 2.39. The Morgan fingerprint density at radius 1 is 1.50 bits per heavy atom. The second kappa shape index (κ2) is 4.98. The molecule has 0 saturated carbocycles. The maximum absolute atomic E-state index is 10.9. The average Bonchev–Trinajstić information content (AvgIpc) is 2.74. The molecule has 1 aromatic carbocycles. The van der Waals surface area contributed by atoms with Gasteiger partial charge in [0.05, 0.1) is 17.7 Å². The van der Waals surface area contributed by atoms with Crippen LogP contribution in [-0.4, -0.2) is 36.9 Å². The quantitative estimate of drug-likeness (QED) is 0.893. The number of aryl methyl sites for hydroxylation is 1. The van der Waals surface area contributed by atoms with Crippen LogP contribution < -0.4 is 4.90 Å². The molecule has 0 radical (unpaired) electrons. The first-order valence-corrected chi connectivity index (χ1v) is 6.19. The van der Waals surface area contributed by atoms with Crippen LogP contribution in [0.15, 0.2) is 18.2 Å². The highest BCUT2D eigenvalue weighted by Gasteiger charge is 2.28. The highest BCUT2D eigenvalue weighted by atomic mass is 16.5. The summed E-state index contributed by atoms with van der Waals surface area (Å²) in [4.78, 5) is 13.1. The van der Waals surface area contributed by atoms with Crippen molar-refractivity contribution in [3.63, 3.8) is 0 Å². The van der Waals surface area contributed by atoms with E-state index in [0.717, 1.165) is 24.3 Å². The Hall–Kier alpha value is -1.55. The van der Waals surface area contributed by atoms with Gasteiger partial charge in [-0.25, -0.2) is 4.79 Å². The Bertz CT molecular complexity index is 458. The molecule has 0 spiro atoms. The summed E-state index contributed by atoms with van der Waals surface area (Å²) in [5.74, 6) is -0.884. The molecule has 98 valence electrons. The second-order valence-corrected chi connectivity index (χ2v) is 4.85. The summed E-state index contributed by atoms with van der Waals surface area (Å²) in [7, 11) is 2.04. The van der Waals surface area contributed by atoms with Gasteiger partial charge in [0.25, 0.3) is 0 Å². The number of hydrogen-bond acceptors (Lipinski definition) is 3. The maximum atomic E-state index is 10.9. The zero-order valence-electron chi connectivity index (χ0n) is 11.0. The number of rotatable bonds is 3. The summed E-state index contributed by atoms with van der Waals surface area (Å²) < 4.78 is 5.57. The van der Waals surface area contributed by atoms with Crippen LogP contribution in [0.2, 0.25) is 0 Å². The van der Waals surface area contributed by atoms with Gasteiger partial charge in [0.2, 0.25) is 0 Å². The Kier molecular flexibility index (Phi) is 3.57. The molecule has 2 rings (SSSR count). The van der Waals surface area contributed by atoms with Crippen LogP contribution in [0.1, 0.15) is 29.3 Å². The third-order valence-electron chi connectivity index (χ3n) is 3.66. The van der Waals surface area contributed by atoms with E-state index >= 15 is 0 Å². The standard InChI is InChI=1S/C14H19NO3/c1-9-8-11(14(16)17)4-5-12(9)15(3)13-6-7-18-10(13)2/h4-5,8,10,13H,6-7H2,1-3H3,(H,16,17). The molecule has 0 amide bonds. The molecule has 4 heteroatoms. The summed E-state index contributed by atoms with van der Waals surface area (Å²) in [6, 6.07) is 5.61. The first kappa shape index (κ1) is 12.9. The number of aromatic carboxylic acids is 1. The minimum absolute atomic E-state index is 0.216. The Labute approximate surface area is 107 Å². The van der Waals surface area contributed by atoms with Crippen LogP contribution in [0, 0.1) is 6.92 Å². The minimum atomic E-state index is -0.884. The number of anilines is 1. The lowest BCUT2D eigenvalue weighted by Gasteiger charge is -2.30. The highest BCUT2D eigenvalue weighted by Crippen LogP contribution is 2.27. The first-order valence-electron chi connectivity index (χ1n) is 6.19. The van der Waals surface area contributed by atoms with Gasteiger partial charge in [-0.15, -0.1) is 0 Å². The van der Waals surface area contributed by atoms with E-state index in [0.29, 0.717) is 11.6 Å². The SMILES string of the molecule is Cc1cc(C(=O)O)ccc1N(C)C1CCOC1C. The first-order chi connectivity index (χ1) is 8.50. The lowest BCUT2D eigenvalue weighted by Crippen LogP contribution is -2.37. The van der Waals surface area contributed by atoms with Crippen molar-refractivity contribution < 1.29 is 14.6 Å². The van der Waals surface area contributed by atoms with Crippen molar-refractivity contribution in [2.24, 2.45) is 0 Å². The van der Waals surface area contributed by atoms with E-state index in [1.165, 1.54) is 0 Å². The van der Waals surface area contributed by atoms with Gasteiger partial charge in [-0.3, -0.25) is 0 Å². The van der Waals surface area contributed by atoms with E-state index in [4.69, 9.17) is 9.84 Å². The Balaban J connectivity index is 2.25. The predicted molar refractivity (Wildman–Crippen MR) is 70.4 cm³/mol. The molecule has 2 atom stereocenters. The number of hydrogen-bond donors (Lipinski definition) is 1. The van der Waals surface area contributed by atoms with Gasteiger partial charge in [0.1, 0.15) is 0 Å². The van der Waals surface area contributed by atoms with Crippen LogP contribution in [0.5, 0.6) is 0 Å². The number of likely N-dealkylation sites (N-methyl/N-ethyl adjacent to an activating group) is 1. The number of ether oxygens (including phenoxy) is 1. The lowest BCUT2D eigenvalue weighted by atomic mass is 10.1. The van der Waals surface area contributed by atoms with Gasteiger partial charge in [0, 0.05) is 19.3 Å². The van der Waals surface area contributed by atoms with E-state index in [9.17, 15) is 4.79 Å². The number of carboxylic acids is 1. The molecule has 2 unspecified atom stereocenters. The fourth-order valence-electron chi connectivity index (χ4n) is 2.59. The second-order valence-electron chi connectivity index (χ2n) is 4.85. The third kappa shape index (κ3) is 2.34. The average molecular weight is 249 g/mol. The van der Waals surface area contributed by atoms with Crippen LogP contribution >= 0.6 is 0 Å². The van der Waals surface area contributed by atoms with Gasteiger partial charge >= 0.3 is 5.97 Å².